The van der Waals surface area contributed by atoms with Gasteiger partial charge < -0.3 is 11.1 Å². The fourth-order valence-electron chi connectivity index (χ4n) is 2.91. The molecule has 3 N–H and O–H groups in total. The second-order valence-corrected chi connectivity index (χ2v) is 6.16. The van der Waals surface area contributed by atoms with Crippen LogP contribution in [0.5, 0.6) is 0 Å². The van der Waals surface area contributed by atoms with Crippen molar-refractivity contribution in [3.05, 3.63) is 22.4 Å². The van der Waals surface area contributed by atoms with Crippen LogP contribution in [0.4, 0.5) is 0 Å². The summed E-state index contributed by atoms with van der Waals surface area (Å²) >= 11 is 1.83. The number of hydrogen-bond donors (Lipinski definition) is 2. The van der Waals surface area contributed by atoms with Crippen molar-refractivity contribution in [3.63, 3.8) is 0 Å². The Morgan fingerprint density at radius 3 is 2.78 bits per heavy atom. The molecule has 1 atom stereocenters. The minimum atomic E-state index is -0.239. The topological polar surface area (TPSA) is 55.1 Å². The summed E-state index contributed by atoms with van der Waals surface area (Å²) in [5, 5.41) is 5.51. The van der Waals surface area contributed by atoms with Crippen LogP contribution in [0.1, 0.15) is 43.9 Å². The molecule has 1 aliphatic carbocycles. The molecular weight excluding hydrogens is 244 g/mol. The molecule has 0 saturated heterocycles. The zero-order chi connectivity index (χ0) is 13.0. The molecule has 0 aliphatic heterocycles. The van der Waals surface area contributed by atoms with Crippen molar-refractivity contribution < 1.29 is 4.79 Å². The fraction of sp³-hybridized carbons (Fsp3) is 0.643. The molecule has 3 nitrogen and oxygen atoms in total. The molecule has 1 aliphatic rings. The monoisotopic (exact) mass is 266 g/mol. The third-order valence-electron chi connectivity index (χ3n) is 4.04. The van der Waals surface area contributed by atoms with Crippen molar-refractivity contribution in [1.82, 2.24) is 5.32 Å². The highest BCUT2D eigenvalue weighted by Gasteiger charge is 2.36. The molecule has 1 amide bonds. The summed E-state index contributed by atoms with van der Waals surface area (Å²) in [4.78, 5) is 12.7. The molecule has 0 radical (unpaired) electrons. The van der Waals surface area contributed by atoms with E-state index in [4.69, 9.17) is 5.73 Å². The maximum absolute atomic E-state index is 11.3. The van der Waals surface area contributed by atoms with Crippen LogP contribution in [0.2, 0.25) is 0 Å². The van der Waals surface area contributed by atoms with E-state index in [1.165, 1.54) is 30.6 Å². The van der Waals surface area contributed by atoms with E-state index >= 15 is 0 Å². The molecule has 1 fully saturated rings. The lowest BCUT2D eigenvalue weighted by Crippen LogP contribution is -2.46. The summed E-state index contributed by atoms with van der Waals surface area (Å²) in [6.45, 7) is 2.86. The van der Waals surface area contributed by atoms with Crippen LogP contribution in [0.3, 0.4) is 0 Å². The Kier molecular flexibility index (Phi) is 4.40. The van der Waals surface area contributed by atoms with Crippen molar-refractivity contribution >= 4 is 17.2 Å². The zero-order valence-electron chi connectivity index (χ0n) is 10.9. The molecule has 100 valence electrons. The predicted molar refractivity (Wildman–Crippen MR) is 75.7 cm³/mol. The van der Waals surface area contributed by atoms with Gasteiger partial charge in [0.15, 0.2) is 0 Å². The summed E-state index contributed by atoms with van der Waals surface area (Å²) in [5.41, 5.74) is 5.63. The highest BCUT2D eigenvalue weighted by atomic mass is 32.1. The molecule has 0 aromatic carbocycles. The van der Waals surface area contributed by atoms with E-state index < -0.39 is 0 Å². The standard InChI is InChI=1S/C14H22N2OS/c1-2-11(13(15)17)16-10-14(7-3-4-8-14)12-6-5-9-18-12/h5-6,9,11,16H,2-4,7-8,10H2,1H3,(H2,15,17)/t11-/m1/s1. The van der Waals surface area contributed by atoms with Crippen molar-refractivity contribution in [2.75, 3.05) is 6.54 Å². The van der Waals surface area contributed by atoms with Gasteiger partial charge in [0, 0.05) is 16.8 Å². The Morgan fingerprint density at radius 2 is 2.28 bits per heavy atom. The number of carbonyl (C=O) groups is 1. The van der Waals surface area contributed by atoms with Crippen LogP contribution in [0, 0.1) is 0 Å². The van der Waals surface area contributed by atoms with E-state index in [2.05, 4.69) is 22.8 Å². The molecule has 2 rings (SSSR count). The van der Waals surface area contributed by atoms with E-state index in [0.717, 1.165) is 13.0 Å². The molecule has 0 unspecified atom stereocenters. The van der Waals surface area contributed by atoms with Gasteiger partial charge in [0.1, 0.15) is 0 Å². The SMILES string of the molecule is CC[C@@H](NCC1(c2cccs2)CCCC1)C(N)=O. The number of hydrogen-bond acceptors (Lipinski definition) is 3. The smallest absolute Gasteiger partial charge is 0.234 e. The average Bonchev–Trinajstić information content (AvgIpc) is 3.01. The largest absolute Gasteiger partial charge is 0.368 e. The first-order chi connectivity index (χ1) is 8.68. The Balaban J connectivity index is 2.06. The number of carbonyl (C=O) groups excluding carboxylic acids is 1. The average molecular weight is 266 g/mol. The third-order valence-corrected chi connectivity index (χ3v) is 5.16. The van der Waals surface area contributed by atoms with Gasteiger partial charge in [-0.3, -0.25) is 4.79 Å². The third kappa shape index (κ3) is 2.75. The van der Waals surface area contributed by atoms with Crippen LogP contribution in [0.25, 0.3) is 0 Å². The molecule has 0 bridgehead atoms. The molecule has 1 heterocycles. The molecule has 1 aromatic rings. The van der Waals surface area contributed by atoms with Gasteiger partial charge in [0.2, 0.25) is 5.91 Å². The zero-order valence-corrected chi connectivity index (χ0v) is 11.8. The van der Waals surface area contributed by atoms with Crippen molar-refractivity contribution in [2.45, 2.75) is 50.5 Å². The van der Waals surface area contributed by atoms with Crippen LogP contribution in [-0.4, -0.2) is 18.5 Å². The summed E-state index contributed by atoms with van der Waals surface area (Å²) in [6.07, 6.45) is 5.77. The molecular formula is C14H22N2OS. The van der Waals surface area contributed by atoms with E-state index in [0.29, 0.717) is 0 Å². The van der Waals surface area contributed by atoms with Gasteiger partial charge in [0.05, 0.1) is 6.04 Å². The second-order valence-electron chi connectivity index (χ2n) is 5.21. The number of rotatable bonds is 6. The van der Waals surface area contributed by atoms with Gasteiger partial charge in [-0.25, -0.2) is 0 Å². The van der Waals surface area contributed by atoms with Gasteiger partial charge in [-0.2, -0.15) is 0 Å². The van der Waals surface area contributed by atoms with E-state index in [1.807, 2.05) is 18.3 Å². The highest BCUT2D eigenvalue weighted by Crippen LogP contribution is 2.42. The van der Waals surface area contributed by atoms with Crippen molar-refractivity contribution in [3.8, 4) is 0 Å². The summed E-state index contributed by atoms with van der Waals surface area (Å²) in [5.74, 6) is -0.239. The van der Waals surface area contributed by atoms with E-state index in [9.17, 15) is 4.79 Å². The Morgan fingerprint density at radius 1 is 1.56 bits per heavy atom. The van der Waals surface area contributed by atoms with Gasteiger partial charge >= 0.3 is 0 Å². The number of thiophene rings is 1. The first-order valence-electron chi connectivity index (χ1n) is 6.74. The number of primary amides is 1. The maximum Gasteiger partial charge on any atom is 0.234 e. The number of amides is 1. The van der Waals surface area contributed by atoms with Crippen LogP contribution in [-0.2, 0) is 10.2 Å². The maximum atomic E-state index is 11.3. The Labute approximate surface area is 113 Å². The van der Waals surface area contributed by atoms with Gasteiger partial charge in [-0.1, -0.05) is 25.8 Å². The molecule has 1 aromatic heterocycles. The molecule has 1 saturated carbocycles. The molecule has 18 heavy (non-hydrogen) atoms. The highest BCUT2D eigenvalue weighted by molar-refractivity contribution is 7.10. The second kappa shape index (κ2) is 5.85. The lowest BCUT2D eigenvalue weighted by Gasteiger charge is -2.30. The van der Waals surface area contributed by atoms with E-state index in [-0.39, 0.29) is 17.4 Å². The minimum Gasteiger partial charge on any atom is -0.368 e. The number of nitrogens with two attached hydrogens (primary N) is 1. The Bertz CT molecular complexity index is 383. The van der Waals surface area contributed by atoms with Crippen LogP contribution < -0.4 is 11.1 Å². The van der Waals surface area contributed by atoms with Crippen molar-refractivity contribution in [1.29, 1.82) is 0 Å². The summed E-state index contributed by atoms with van der Waals surface area (Å²) in [6, 6.07) is 4.15. The van der Waals surface area contributed by atoms with E-state index in [1.54, 1.807) is 0 Å². The van der Waals surface area contributed by atoms with Crippen LogP contribution in [0.15, 0.2) is 17.5 Å². The van der Waals surface area contributed by atoms with Crippen molar-refractivity contribution in [2.24, 2.45) is 5.73 Å². The fourth-order valence-corrected chi connectivity index (χ4v) is 3.89. The lowest BCUT2D eigenvalue weighted by molar-refractivity contribution is -0.120. The summed E-state index contributed by atoms with van der Waals surface area (Å²) in [7, 11) is 0. The predicted octanol–water partition coefficient (Wildman–Crippen LogP) is 2.41. The lowest BCUT2D eigenvalue weighted by atomic mass is 9.84. The first-order valence-corrected chi connectivity index (χ1v) is 7.62. The first kappa shape index (κ1) is 13.6. The number of nitrogens with one attached hydrogen (secondary N) is 1. The minimum absolute atomic E-state index is 0.192. The summed E-state index contributed by atoms with van der Waals surface area (Å²) < 4.78 is 0. The van der Waals surface area contributed by atoms with Gasteiger partial charge in [-0.15, -0.1) is 11.3 Å². The Hall–Kier alpha value is -0.870. The van der Waals surface area contributed by atoms with Gasteiger partial charge in [-0.05, 0) is 30.7 Å². The normalized spacial score (nSPS) is 19.8. The van der Waals surface area contributed by atoms with Crippen LogP contribution >= 0.6 is 11.3 Å². The molecule has 0 spiro atoms. The van der Waals surface area contributed by atoms with Gasteiger partial charge in [0.25, 0.3) is 0 Å². The molecule has 4 heteroatoms. The quantitative estimate of drug-likeness (QED) is 0.831.